The number of hydrogen-bond donors (Lipinski definition) is 4. The fourth-order valence-corrected chi connectivity index (χ4v) is 3.99. The van der Waals surface area contributed by atoms with Gasteiger partial charge in [-0.1, -0.05) is 32.1 Å². The van der Waals surface area contributed by atoms with Gasteiger partial charge in [0.2, 0.25) is 0 Å². The van der Waals surface area contributed by atoms with Gasteiger partial charge in [-0.15, -0.1) is 0 Å². The number of aromatic nitrogens is 2. The fraction of sp³-hybridized carbons (Fsp3) is 0.667. The van der Waals surface area contributed by atoms with Crippen LogP contribution in [-0.4, -0.2) is 30.0 Å². The highest BCUT2D eigenvalue weighted by Crippen LogP contribution is 2.28. The lowest BCUT2D eigenvalue weighted by molar-refractivity contribution is 0.366. The largest absolute Gasteiger partial charge is 0.386 e. The van der Waals surface area contributed by atoms with Crippen LogP contribution in [0.1, 0.15) is 44.9 Å². The molecular weight excluding hydrogens is 278 g/mol. The zero-order chi connectivity index (χ0) is 14.6. The molecule has 0 spiro atoms. The Labute approximate surface area is 118 Å². The van der Waals surface area contributed by atoms with Crippen LogP contribution in [0, 0.1) is 5.41 Å². The summed E-state index contributed by atoms with van der Waals surface area (Å²) in [4.78, 5) is 0. The molecule has 1 fully saturated rings. The van der Waals surface area contributed by atoms with Crippen LogP contribution in [0.25, 0.3) is 0 Å². The summed E-state index contributed by atoms with van der Waals surface area (Å²) < 4.78 is 27.3. The Morgan fingerprint density at radius 3 is 2.40 bits per heavy atom. The van der Waals surface area contributed by atoms with Gasteiger partial charge < -0.3 is 5.73 Å². The summed E-state index contributed by atoms with van der Waals surface area (Å²) in [7, 11) is -3.74. The zero-order valence-corrected chi connectivity index (χ0v) is 12.2. The molecule has 1 aliphatic carbocycles. The van der Waals surface area contributed by atoms with Gasteiger partial charge in [-0.25, -0.2) is 8.42 Å². The van der Waals surface area contributed by atoms with Crippen LogP contribution in [0.3, 0.4) is 0 Å². The first-order valence-electron chi connectivity index (χ1n) is 6.84. The first kappa shape index (κ1) is 15.0. The van der Waals surface area contributed by atoms with Crippen molar-refractivity contribution in [3.63, 3.8) is 0 Å². The van der Waals surface area contributed by atoms with Crippen LogP contribution in [-0.2, 0) is 10.0 Å². The maximum Gasteiger partial charge on any atom is 0.258 e. The standard InChI is InChI=1S/C12H21N5O2S/c13-11(14)12(7-4-2-1-3-5-8-12)17-20(18,19)10-6-9-15-16-10/h6,9,17H,1-5,7-8H2,(H3,13,14)(H,15,16). The molecule has 1 saturated carbocycles. The van der Waals surface area contributed by atoms with E-state index in [1.807, 2.05) is 0 Å². The number of aromatic amines is 1. The lowest BCUT2D eigenvalue weighted by Crippen LogP contribution is -2.57. The molecule has 1 aliphatic rings. The van der Waals surface area contributed by atoms with Gasteiger partial charge in [0.15, 0.2) is 5.03 Å². The number of rotatable bonds is 4. The summed E-state index contributed by atoms with van der Waals surface area (Å²) in [6.45, 7) is 0. The van der Waals surface area contributed by atoms with Crippen LogP contribution in [0.5, 0.6) is 0 Å². The summed E-state index contributed by atoms with van der Waals surface area (Å²) in [6.07, 6.45) is 7.48. The molecule has 7 nitrogen and oxygen atoms in total. The van der Waals surface area contributed by atoms with Gasteiger partial charge in [-0.2, -0.15) is 9.82 Å². The second kappa shape index (κ2) is 5.92. The van der Waals surface area contributed by atoms with Gasteiger partial charge >= 0.3 is 0 Å². The molecule has 0 saturated heterocycles. The second-order valence-corrected chi connectivity index (χ2v) is 6.94. The third-order valence-electron chi connectivity index (χ3n) is 3.82. The van der Waals surface area contributed by atoms with E-state index >= 15 is 0 Å². The Bertz CT molecular complexity index is 544. The number of nitrogens with two attached hydrogens (primary N) is 1. The Morgan fingerprint density at radius 1 is 1.30 bits per heavy atom. The Morgan fingerprint density at radius 2 is 1.90 bits per heavy atom. The number of nitrogens with one attached hydrogen (secondary N) is 3. The predicted octanol–water partition coefficient (Wildman–Crippen LogP) is 1.11. The van der Waals surface area contributed by atoms with Crippen molar-refractivity contribution in [3.8, 4) is 0 Å². The monoisotopic (exact) mass is 299 g/mol. The first-order chi connectivity index (χ1) is 9.46. The van der Waals surface area contributed by atoms with Crippen LogP contribution in [0.2, 0.25) is 0 Å². The van der Waals surface area contributed by atoms with Crippen molar-refractivity contribution in [2.75, 3.05) is 0 Å². The normalized spacial score (nSPS) is 20.0. The summed E-state index contributed by atoms with van der Waals surface area (Å²) in [5.74, 6) is -0.109. The number of H-pyrrole nitrogens is 1. The smallest absolute Gasteiger partial charge is 0.258 e. The minimum atomic E-state index is -3.74. The number of sulfonamides is 1. The number of hydrogen-bond acceptors (Lipinski definition) is 4. The molecule has 0 aromatic carbocycles. The molecule has 112 valence electrons. The van der Waals surface area contributed by atoms with Gasteiger partial charge in [0.05, 0.1) is 11.7 Å². The molecule has 1 aromatic rings. The minimum absolute atomic E-state index is 0.000171. The average molecular weight is 299 g/mol. The molecule has 0 amide bonds. The average Bonchev–Trinajstić information content (AvgIpc) is 2.86. The zero-order valence-electron chi connectivity index (χ0n) is 11.4. The van der Waals surface area contributed by atoms with E-state index in [0.717, 1.165) is 32.1 Å². The van der Waals surface area contributed by atoms with Gasteiger partial charge in [-0.3, -0.25) is 10.5 Å². The molecule has 0 bridgehead atoms. The molecule has 0 radical (unpaired) electrons. The summed E-state index contributed by atoms with van der Waals surface area (Å²) in [5.41, 5.74) is 4.75. The lowest BCUT2D eigenvalue weighted by atomic mass is 9.84. The highest BCUT2D eigenvalue weighted by atomic mass is 32.2. The number of amidine groups is 1. The van der Waals surface area contributed by atoms with Crippen molar-refractivity contribution in [1.82, 2.24) is 14.9 Å². The summed E-state index contributed by atoms with van der Waals surface area (Å²) in [5, 5.41) is 13.9. The third kappa shape index (κ3) is 3.18. The molecular formula is C12H21N5O2S. The molecule has 0 atom stereocenters. The molecule has 0 unspecified atom stereocenters. The lowest BCUT2D eigenvalue weighted by Gasteiger charge is -2.34. The van der Waals surface area contributed by atoms with Crippen LogP contribution < -0.4 is 10.5 Å². The Hall–Kier alpha value is -1.41. The molecule has 1 aromatic heterocycles. The third-order valence-corrected chi connectivity index (χ3v) is 5.28. The fourth-order valence-electron chi connectivity index (χ4n) is 2.64. The van der Waals surface area contributed by atoms with E-state index in [4.69, 9.17) is 11.1 Å². The van der Waals surface area contributed by atoms with Crippen molar-refractivity contribution in [2.45, 2.75) is 55.5 Å². The van der Waals surface area contributed by atoms with Crippen molar-refractivity contribution in [2.24, 2.45) is 5.73 Å². The van der Waals surface area contributed by atoms with Crippen molar-refractivity contribution in [1.29, 1.82) is 5.41 Å². The van der Waals surface area contributed by atoms with Crippen LogP contribution in [0.4, 0.5) is 0 Å². The van der Waals surface area contributed by atoms with E-state index in [2.05, 4.69) is 14.9 Å². The van der Waals surface area contributed by atoms with Gasteiger partial charge in [0.1, 0.15) is 5.84 Å². The summed E-state index contributed by atoms with van der Waals surface area (Å²) in [6, 6.07) is 1.39. The van der Waals surface area contributed by atoms with Crippen molar-refractivity contribution in [3.05, 3.63) is 12.3 Å². The van der Waals surface area contributed by atoms with E-state index in [0.29, 0.717) is 12.8 Å². The topological polar surface area (TPSA) is 125 Å². The molecule has 0 aliphatic heterocycles. The van der Waals surface area contributed by atoms with Crippen molar-refractivity contribution >= 4 is 15.9 Å². The quantitative estimate of drug-likeness (QED) is 0.491. The molecule has 20 heavy (non-hydrogen) atoms. The maximum absolute atomic E-state index is 12.3. The number of nitrogens with zero attached hydrogens (tertiary/aromatic N) is 1. The Balaban J connectivity index is 2.26. The van der Waals surface area contributed by atoms with Crippen molar-refractivity contribution < 1.29 is 8.42 Å². The van der Waals surface area contributed by atoms with E-state index in [1.165, 1.54) is 12.3 Å². The van der Waals surface area contributed by atoms with E-state index in [9.17, 15) is 8.42 Å². The maximum atomic E-state index is 12.3. The van der Waals surface area contributed by atoms with E-state index < -0.39 is 15.6 Å². The van der Waals surface area contributed by atoms with Gasteiger partial charge in [-0.05, 0) is 18.9 Å². The van der Waals surface area contributed by atoms with Gasteiger partial charge in [0, 0.05) is 0 Å². The highest BCUT2D eigenvalue weighted by Gasteiger charge is 2.38. The molecule has 1 heterocycles. The predicted molar refractivity (Wildman–Crippen MR) is 75.9 cm³/mol. The van der Waals surface area contributed by atoms with Crippen LogP contribution in [0.15, 0.2) is 17.3 Å². The molecule has 2 rings (SSSR count). The summed E-state index contributed by atoms with van der Waals surface area (Å²) >= 11 is 0. The van der Waals surface area contributed by atoms with Crippen LogP contribution >= 0.6 is 0 Å². The molecule has 5 N–H and O–H groups in total. The SMILES string of the molecule is N=C(N)C1(NS(=O)(=O)c2ccn[nH]2)CCCCCCC1. The highest BCUT2D eigenvalue weighted by molar-refractivity contribution is 7.89. The Kier molecular flexibility index (Phi) is 4.44. The van der Waals surface area contributed by atoms with E-state index in [1.54, 1.807) is 0 Å². The molecule has 8 heteroatoms. The first-order valence-corrected chi connectivity index (χ1v) is 8.32. The van der Waals surface area contributed by atoms with E-state index in [-0.39, 0.29) is 10.9 Å². The minimum Gasteiger partial charge on any atom is -0.386 e. The second-order valence-electron chi connectivity index (χ2n) is 5.29. The van der Waals surface area contributed by atoms with Gasteiger partial charge in [0.25, 0.3) is 10.0 Å².